The van der Waals surface area contributed by atoms with E-state index in [0.717, 1.165) is 16.7 Å². The highest BCUT2D eigenvalue weighted by Gasteiger charge is 2.45. The quantitative estimate of drug-likeness (QED) is 0.0841. The normalized spacial score (nSPS) is 16.4. The van der Waals surface area contributed by atoms with Crippen molar-refractivity contribution in [2.45, 2.75) is 64.1 Å². The molecule has 1 unspecified atom stereocenters. The average molecular weight is 1040 g/mol. The Morgan fingerprint density at radius 3 is 2.09 bits per heavy atom. The Morgan fingerprint density at radius 2 is 1.53 bits per heavy atom. The molecule has 2 aromatic heterocycles. The van der Waals surface area contributed by atoms with Crippen molar-refractivity contribution in [1.82, 2.24) is 24.8 Å². The van der Waals surface area contributed by atoms with Crippen LogP contribution in [0, 0.1) is 12.7 Å². The van der Waals surface area contributed by atoms with Crippen LogP contribution in [0.4, 0.5) is 43.7 Å². The van der Waals surface area contributed by atoms with Gasteiger partial charge in [-0.05, 0) is 85.6 Å². The van der Waals surface area contributed by atoms with Gasteiger partial charge in [-0.1, -0.05) is 48.0 Å². The Balaban J connectivity index is 1.17. The van der Waals surface area contributed by atoms with Crippen molar-refractivity contribution in [3.05, 3.63) is 153 Å². The monoisotopic (exact) mass is 1040 g/mol. The van der Waals surface area contributed by atoms with Crippen LogP contribution in [0.3, 0.4) is 0 Å². The lowest BCUT2D eigenvalue weighted by atomic mass is 9.96. The number of pyridine rings is 1. The van der Waals surface area contributed by atoms with Gasteiger partial charge in [0.2, 0.25) is 0 Å². The molecule has 4 aromatic carbocycles. The van der Waals surface area contributed by atoms with Gasteiger partial charge in [0.25, 0.3) is 5.92 Å². The Kier molecular flexibility index (Phi) is 14.7. The molecule has 14 nitrogen and oxygen atoms in total. The Bertz CT molecular complexity index is 3020. The van der Waals surface area contributed by atoms with Crippen LogP contribution in [0.15, 0.2) is 109 Å². The van der Waals surface area contributed by atoms with E-state index in [9.17, 15) is 8.78 Å². The minimum atomic E-state index is -5.06. The van der Waals surface area contributed by atoms with Crippen LogP contribution in [0.1, 0.15) is 58.3 Å². The molecule has 2 N–H and O–H groups in total. The third-order valence-electron chi connectivity index (χ3n) is 13.1. The van der Waals surface area contributed by atoms with Gasteiger partial charge in [0.05, 0.1) is 73.2 Å². The van der Waals surface area contributed by atoms with Crippen LogP contribution < -0.4 is 34.5 Å². The van der Waals surface area contributed by atoms with Gasteiger partial charge in [-0.15, -0.1) is 0 Å². The average Bonchev–Trinajstić information content (AvgIpc) is 3.55. The number of benzene rings is 4. The molecule has 1 saturated heterocycles. The highest BCUT2D eigenvalue weighted by atomic mass is 35.5. The maximum absolute atomic E-state index is 18.2. The molecule has 0 spiro atoms. The molecule has 21 heteroatoms. The Labute approximate surface area is 428 Å². The van der Waals surface area contributed by atoms with E-state index in [2.05, 4.69) is 25.6 Å². The van der Waals surface area contributed by atoms with Crippen molar-refractivity contribution in [2.24, 2.45) is 4.99 Å². The van der Waals surface area contributed by atoms with Gasteiger partial charge >= 0.3 is 12.1 Å². The molecule has 9 rings (SSSR count). The number of methoxy groups -OCH3 is 3. The highest BCUT2D eigenvalue weighted by molar-refractivity contribution is 6.37. The summed E-state index contributed by atoms with van der Waals surface area (Å²) in [5.74, 6) is -2.76. The Hall–Kier alpha value is -7.45. The molecule has 388 valence electrons. The van der Waals surface area contributed by atoms with Crippen molar-refractivity contribution in [1.29, 1.82) is 0 Å². The van der Waals surface area contributed by atoms with E-state index < -0.39 is 70.6 Å². The number of ether oxygens (including phenoxy) is 5. The van der Waals surface area contributed by atoms with Crippen LogP contribution >= 0.6 is 11.6 Å². The second-order valence-electron chi connectivity index (χ2n) is 18.1. The third kappa shape index (κ3) is 10.8. The number of aryl methyl sites for hydroxylation is 1. The summed E-state index contributed by atoms with van der Waals surface area (Å²) < 4.78 is 123. The van der Waals surface area contributed by atoms with E-state index >= 15 is 17.6 Å². The summed E-state index contributed by atoms with van der Waals surface area (Å²) in [6.07, 6.45) is -1.22. The maximum atomic E-state index is 18.2. The maximum Gasteiger partial charge on any atom is 0.418 e. The van der Waals surface area contributed by atoms with Crippen molar-refractivity contribution >= 4 is 34.8 Å². The molecule has 5 heterocycles. The molecule has 0 bridgehead atoms. The van der Waals surface area contributed by atoms with Crippen molar-refractivity contribution in [2.75, 3.05) is 63.7 Å². The fraction of sp³-hybridized carbons (Fsp3) is 0.321. The van der Waals surface area contributed by atoms with Crippen molar-refractivity contribution in [3.63, 3.8) is 0 Å². The number of anilines is 3. The standard InChI is InChI=1S/C53H52ClF6N9O5/c1-30-19-40(68(23-33-9-15-37(71-5)16-10-33)24-34-11-17-38(72-6)18-12-34)66-47(44(30)53(58,59)60)42-45(54)48-43-49(46(42)55)74-41(73-26-35-20-52(56,57)27-67(35)3)25-69(51(43)65-29-63-48)31(2)39-22-61-28-64-50(39)62-21-32-7-13-36(70-4)14-8-32/h7-19,22,25,28,31,35,63H,20-21,23-24,26-27,29H2,1-6H3,(H,61,62,64)/t31?,35-/m0/s1. The summed E-state index contributed by atoms with van der Waals surface area (Å²) in [6, 6.07) is 21.6. The lowest BCUT2D eigenvalue weighted by Gasteiger charge is -2.32. The minimum Gasteiger partial charge on any atom is -0.497 e. The van der Waals surface area contributed by atoms with Crippen molar-refractivity contribution < 1.29 is 50.0 Å². The summed E-state index contributed by atoms with van der Waals surface area (Å²) in [6.45, 7) is 2.76. The Morgan fingerprint density at radius 1 is 0.919 bits per heavy atom. The molecule has 0 amide bonds. The molecular formula is C53H52ClF6N9O5. The number of nitrogens with zero attached hydrogens (tertiary/aromatic N) is 7. The summed E-state index contributed by atoms with van der Waals surface area (Å²) in [4.78, 5) is 23.1. The number of amidine groups is 1. The lowest BCUT2D eigenvalue weighted by molar-refractivity contribution is -0.137. The molecule has 1 fully saturated rings. The molecule has 3 aliphatic heterocycles. The van der Waals surface area contributed by atoms with Crippen LogP contribution in [-0.2, 0) is 30.5 Å². The third-order valence-corrected chi connectivity index (χ3v) is 13.5. The van der Waals surface area contributed by atoms with Crippen LogP contribution in [-0.4, -0.2) is 90.7 Å². The number of hydrogen-bond donors (Lipinski definition) is 2. The minimum absolute atomic E-state index is 0.00134. The molecule has 2 atom stereocenters. The molecule has 0 aliphatic carbocycles. The summed E-state index contributed by atoms with van der Waals surface area (Å²) in [7, 11) is 6.19. The van der Waals surface area contributed by atoms with Gasteiger partial charge in [0.1, 0.15) is 54.3 Å². The first-order chi connectivity index (χ1) is 35.4. The predicted octanol–water partition coefficient (Wildman–Crippen LogP) is 11.2. The molecule has 74 heavy (non-hydrogen) atoms. The molecule has 0 saturated carbocycles. The van der Waals surface area contributed by atoms with Gasteiger partial charge in [-0.25, -0.2) is 33.1 Å². The number of rotatable bonds is 17. The molecule has 0 radical (unpaired) electrons. The first-order valence-electron chi connectivity index (χ1n) is 23.4. The number of likely N-dealkylation sites (tertiary alicyclic amines) is 1. The zero-order chi connectivity index (χ0) is 52.5. The van der Waals surface area contributed by atoms with E-state index in [1.807, 2.05) is 48.5 Å². The lowest BCUT2D eigenvalue weighted by Crippen LogP contribution is -2.34. The topological polar surface area (TPSA) is 131 Å². The van der Waals surface area contributed by atoms with Gasteiger partial charge < -0.3 is 44.1 Å². The first-order valence-corrected chi connectivity index (χ1v) is 23.8. The van der Waals surface area contributed by atoms with Gasteiger partial charge in [0.15, 0.2) is 11.6 Å². The van der Waals surface area contributed by atoms with Crippen LogP contribution in [0.5, 0.6) is 23.0 Å². The van der Waals surface area contributed by atoms with Gasteiger partial charge in [0, 0.05) is 43.9 Å². The number of alkyl halides is 5. The number of nitrogens with one attached hydrogen (secondary N) is 2. The predicted molar refractivity (Wildman–Crippen MR) is 269 cm³/mol. The van der Waals surface area contributed by atoms with E-state index in [1.165, 1.54) is 51.7 Å². The van der Waals surface area contributed by atoms with Crippen molar-refractivity contribution in [3.8, 4) is 34.3 Å². The molecule has 6 aromatic rings. The zero-order valence-electron chi connectivity index (χ0n) is 41.2. The van der Waals surface area contributed by atoms with Gasteiger partial charge in [-0.3, -0.25) is 4.90 Å². The van der Waals surface area contributed by atoms with Crippen LogP contribution in [0.2, 0.25) is 5.02 Å². The number of aromatic nitrogens is 3. The number of hydrogen-bond acceptors (Lipinski definition) is 14. The van der Waals surface area contributed by atoms with E-state index in [4.69, 9.17) is 40.3 Å². The van der Waals surface area contributed by atoms with Gasteiger partial charge in [-0.2, -0.15) is 13.2 Å². The largest absolute Gasteiger partial charge is 0.497 e. The second kappa shape index (κ2) is 21.2. The second-order valence-corrected chi connectivity index (χ2v) is 18.4. The fourth-order valence-electron chi connectivity index (χ4n) is 9.27. The summed E-state index contributed by atoms with van der Waals surface area (Å²) in [5, 5.41) is 5.99. The fourth-order valence-corrected chi connectivity index (χ4v) is 9.60. The number of likely N-dealkylation sites (N-methyl/N-ethyl adjacent to an activating group) is 1. The van der Waals surface area contributed by atoms with Crippen LogP contribution in [0.25, 0.3) is 11.3 Å². The summed E-state index contributed by atoms with van der Waals surface area (Å²) in [5.41, 5.74) is -0.0387. The number of halogens is 7. The number of aliphatic imine (C=N–C) groups is 1. The zero-order valence-corrected chi connectivity index (χ0v) is 41.9. The first kappa shape index (κ1) is 51.5. The summed E-state index contributed by atoms with van der Waals surface area (Å²) >= 11 is 7.24. The SMILES string of the molecule is COc1ccc(CNc2ncncc2C(C)N2C=C(OC[C@@H]3CC(F)(F)CN3C)Oc3c(F)c(-c4nc(N(Cc5ccc(OC)cc5)Cc5ccc(OC)cc5)cc(C)c4C(F)(F)F)c(Cl)c4c3C2=NCN4)cc1. The van der Waals surface area contributed by atoms with E-state index in [-0.39, 0.29) is 60.8 Å². The molecule has 3 aliphatic rings. The van der Waals surface area contributed by atoms with E-state index in [0.29, 0.717) is 35.2 Å². The highest BCUT2D eigenvalue weighted by Crippen LogP contribution is 2.51. The smallest absolute Gasteiger partial charge is 0.418 e. The molecular weight excluding hydrogens is 992 g/mol. The van der Waals surface area contributed by atoms with E-state index in [1.54, 1.807) is 54.3 Å².